The van der Waals surface area contributed by atoms with Gasteiger partial charge in [0.2, 0.25) is 0 Å². The normalized spacial score (nSPS) is 18.9. The lowest BCUT2D eigenvalue weighted by atomic mass is 9.92. The molecule has 20 heavy (non-hydrogen) atoms. The molecule has 0 saturated carbocycles. The molecule has 0 fully saturated rings. The van der Waals surface area contributed by atoms with Crippen molar-refractivity contribution in [2.24, 2.45) is 10.7 Å². The van der Waals surface area contributed by atoms with E-state index in [9.17, 15) is 0 Å². The Kier molecular flexibility index (Phi) is 11.9. The average Bonchev–Trinajstić information content (AvgIpc) is 2.80. The lowest BCUT2D eigenvalue weighted by Crippen LogP contribution is -2.46. The molecule has 0 bridgehead atoms. The van der Waals surface area contributed by atoms with Crippen LogP contribution in [0, 0.1) is 0 Å². The summed E-state index contributed by atoms with van der Waals surface area (Å²) in [6.45, 7) is 14.0. The third-order valence-corrected chi connectivity index (χ3v) is 2.64. The fraction of sp³-hybridized carbons (Fsp3) is 0.500. The Balaban J connectivity index is 0. The van der Waals surface area contributed by atoms with Gasteiger partial charge in [-0.05, 0) is 24.7 Å². The quantitative estimate of drug-likeness (QED) is 0.762. The van der Waals surface area contributed by atoms with Crippen molar-refractivity contribution in [2.75, 3.05) is 0 Å². The lowest BCUT2D eigenvalue weighted by Gasteiger charge is -2.24. The second kappa shape index (κ2) is 11.4. The Morgan fingerprint density at radius 1 is 1.00 bits per heavy atom. The molecule has 0 aromatic heterocycles. The maximum atomic E-state index is 5.84. The van der Waals surface area contributed by atoms with E-state index in [4.69, 9.17) is 18.0 Å². The highest BCUT2D eigenvalue weighted by molar-refractivity contribution is 7.80. The molecule has 1 aromatic rings. The summed E-state index contributed by atoms with van der Waals surface area (Å²) >= 11 is 4.97. The van der Waals surface area contributed by atoms with Gasteiger partial charge in [-0.2, -0.15) is 0 Å². The van der Waals surface area contributed by atoms with Crippen molar-refractivity contribution in [1.29, 1.82) is 0 Å². The number of aliphatic imine (C=N–C) groups is 1. The van der Waals surface area contributed by atoms with Gasteiger partial charge < -0.3 is 11.1 Å². The van der Waals surface area contributed by atoms with Crippen molar-refractivity contribution in [3.8, 4) is 0 Å². The first-order valence-electron chi connectivity index (χ1n) is 7.35. The van der Waals surface area contributed by atoms with E-state index in [0.29, 0.717) is 10.9 Å². The van der Waals surface area contributed by atoms with Crippen LogP contribution in [0.15, 0.2) is 35.3 Å². The largest absolute Gasteiger partial charge is 0.385 e. The van der Waals surface area contributed by atoms with Crippen LogP contribution >= 0.6 is 12.2 Å². The van der Waals surface area contributed by atoms with Crippen LogP contribution in [0.5, 0.6) is 0 Å². The minimum Gasteiger partial charge on any atom is -0.385 e. The lowest BCUT2D eigenvalue weighted by molar-refractivity contribution is 0.610. The number of nitrogens with two attached hydrogens (primary N) is 1. The van der Waals surface area contributed by atoms with Gasteiger partial charge in [0.05, 0.1) is 0 Å². The van der Waals surface area contributed by atoms with E-state index in [1.807, 2.05) is 78.8 Å². The van der Waals surface area contributed by atoms with Crippen molar-refractivity contribution in [1.82, 2.24) is 5.32 Å². The van der Waals surface area contributed by atoms with E-state index in [-0.39, 0.29) is 0 Å². The first-order valence-corrected chi connectivity index (χ1v) is 7.76. The smallest absolute Gasteiger partial charge is 0.195 e. The van der Waals surface area contributed by atoms with E-state index < -0.39 is 5.54 Å². The number of benzene rings is 1. The number of nitrogens with zero attached hydrogens (tertiary/aromatic N) is 1. The molecule has 1 unspecified atom stereocenters. The zero-order valence-electron chi connectivity index (χ0n) is 13.8. The van der Waals surface area contributed by atoms with Gasteiger partial charge in [-0.15, -0.1) is 0 Å². The summed E-state index contributed by atoms with van der Waals surface area (Å²) in [5.74, 6) is 0.522. The maximum absolute atomic E-state index is 5.84. The summed E-state index contributed by atoms with van der Waals surface area (Å²) in [5, 5.41) is 3.55. The molecule has 1 atom stereocenters. The van der Waals surface area contributed by atoms with Crippen LogP contribution in [-0.4, -0.2) is 10.9 Å². The molecule has 2 rings (SSSR count). The number of thiocarbonyl (C=S) groups is 1. The van der Waals surface area contributed by atoms with Crippen LogP contribution in [0.2, 0.25) is 0 Å². The minimum absolute atomic E-state index is 0.446. The first kappa shape index (κ1) is 20.9. The Bertz CT molecular complexity index is 401. The summed E-state index contributed by atoms with van der Waals surface area (Å²) in [6.07, 6.45) is 0. The highest BCUT2D eigenvalue weighted by Gasteiger charge is 2.36. The van der Waals surface area contributed by atoms with E-state index in [1.165, 1.54) is 0 Å². The van der Waals surface area contributed by atoms with Gasteiger partial charge in [-0.3, -0.25) is 0 Å². The molecule has 3 nitrogen and oxygen atoms in total. The summed E-state index contributed by atoms with van der Waals surface area (Å²) in [4.78, 5) is 4.03. The average molecular weight is 295 g/mol. The molecule has 1 aromatic carbocycles. The van der Waals surface area contributed by atoms with Crippen molar-refractivity contribution < 1.29 is 0 Å². The number of nitrogens with one attached hydrogen (secondary N) is 1. The number of rotatable bonds is 1. The molecule has 0 amide bonds. The number of amidine groups is 1. The van der Waals surface area contributed by atoms with E-state index >= 15 is 0 Å². The minimum atomic E-state index is -0.446. The molecule has 1 aliphatic rings. The fourth-order valence-corrected chi connectivity index (χ4v) is 1.82. The summed E-state index contributed by atoms with van der Waals surface area (Å²) in [7, 11) is 0. The molecular formula is C16H29N3S. The van der Waals surface area contributed by atoms with Crippen LogP contribution < -0.4 is 11.1 Å². The van der Waals surface area contributed by atoms with Crippen molar-refractivity contribution in [2.45, 2.75) is 54.0 Å². The van der Waals surface area contributed by atoms with Gasteiger partial charge in [-0.1, -0.05) is 71.9 Å². The summed E-state index contributed by atoms with van der Waals surface area (Å²) in [6, 6.07) is 9.91. The highest BCUT2D eigenvalue weighted by Crippen LogP contribution is 2.24. The molecule has 1 heterocycles. The standard InChI is InChI=1S/C10H11N3S.3C2H6/c1-10(7-5-3-2-4-6-7)8(11)12-9(14)13-10;3*1-2/h2-6H,1H3,(H3,11,12,13,14);3*1-2H3. The molecular weight excluding hydrogens is 266 g/mol. The molecule has 0 spiro atoms. The van der Waals surface area contributed by atoms with Gasteiger partial charge in [0, 0.05) is 0 Å². The Hall–Kier alpha value is -1.42. The molecule has 0 radical (unpaired) electrons. The molecule has 1 aliphatic heterocycles. The van der Waals surface area contributed by atoms with Gasteiger partial charge in [0.1, 0.15) is 11.4 Å². The Morgan fingerprint density at radius 3 is 1.80 bits per heavy atom. The molecule has 0 saturated heterocycles. The van der Waals surface area contributed by atoms with Crippen LogP contribution in [0.25, 0.3) is 0 Å². The van der Waals surface area contributed by atoms with Crippen molar-refractivity contribution in [3.05, 3.63) is 35.9 Å². The van der Waals surface area contributed by atoms with Crippen molar-refractivity contribution >= 4 is 23.2 Å². The number of hydrogen-bond acceptors (Lipinski definition) is 2. The third-order valence-electron chi connectivity index (χ3n) is 2.44. The van der Waals surface area contributed by atoms with Gasteiger partial charge in [-0.25, -0.2) is 4.99 Å². The van der Waals surface area contributed by atoms with Crippen LogP contribution in [0.1, 0.15) is 54.0 Å². The zero-order valence-corrected chi connectivity index (χ0v) is 14.6. The second-order valence-corrected chi connectivity index (χ2v) is 3.80. The molecule has 3 N–H and O–H groups in total. The monoisotopic (exact) mass is 295 g/mol. The van der Waals surface area contributed by atoms with E-state index in [1.54, 1.807) is 0 Å². The predicted octanol–water partition coefficient (Wildman–Crippen LogP) is 4.23. The second-order valence-electron chi connectivity index (χ2n) is 3.42. The van der Waals surface area contributed by atoms with Crippen LogP contribution in [0.3, 0.4) is 0 Å². The van der Waals surface area contributed by atoms with Gasteiger partial charge in [0.25, 0.3) is 0 Å². The SMILES string of the molecule is CC.CC.CC.CC1(c2ccccc2)NC(=S)N=C1N. The van der Waals surface area contributed by atoms with E-state index in [0.717, 1.165) is 5.56 Å². The fourth-order valence-electron chi connectivity index (χ4n) is 1.52. The molecule has 4 heteroatoms. The van der Waals surface area contributed by atoms with Crippen LogP contribution in [-0.2, 0) is 5.54 Å². The van der Waals surface area contributed by atoms with Gasteiger partial charge >= 0.3 is 0 Å². The molecule has 114 valence electrons. The molecule has 0 aliphatic carbocycles. The zero-order chi connectivity index (χ0) is 16.2. The van der Waals surface area contributed by atoms with E-state index in [2.05, 4.69) is 10.3 Å². The maximum Gasteiger partial charge on any atom is 0.195 e. The van der Waals surface area contributed by atoms with Gasteiger partial charge in [0.15, 0.2) is 5.11 Å². The first-order chi connectivity index (χ1) is 9.63. The summed E-state index contributed by atoms with van der Waals surface area (Å²) in [5.41, 5.74) is 6.46. The highest BCUT2D eigenvalue weighted by atomic mass is 32.1. The predicted molar refractivity (Wildman–Crippen MR) is 95.2 cm³/mol. The third kappa shape index (κ3) is 5.29. The number of hydrogen-bond donors (Lipinski definition) is 2. The van der Waals surface area contributed by atoms with Crippen molar-refractivity contribution in [3.63, 3.8) is 0 Å². The van der Waals surface area contributed by atoms with Crippen LogP contribution in [0.4, 0.5) is 0 Å². The Labute approximate surface area is 129 Å². The Morgan fingerprint density at radius 2 is 1.45 bits per heavy atom. The summed E-state index contributed by atoms with van der Waals surface area (Å²) < 4.78 is 0. The topological polar surface area (TPSA) is 50.4 Å².